The molecule has 0 bridgehead atoms. The van der Waals surface area contributed by atoms with Crippen molar-refractivity contribution in [2.45, 2.75) is 19.3 Å². The third-order valence-electron chi connectivity index (χ3n) is 4.82. The van der Waals surface area contributed by atoms with E-state index in [4.69, 9.17) is 0 Å². The van der Waals surface area contributed by atoms with E-state index in [0.717, 1.165) is 41.5 Å². The van der Waals surface area contributed by atoms with Crippen LogP contribution in [-0.2, 0) is 0 Å². The molecule has 3 heterocycles. The maximum absolute atomic E-state index is 12.4. The molecule has 2 aromatic heterocycles. The van der Waals surface area contributed by atoms with Crippen molar-refractivity contribution in [1.29, 1.82) is 0 Å². The Hall–Kier alpha value is -2.51. The fourth-order valence-corrected chi connectivity index (χ4v) is 4.19. The largest absolute Gasteiger partial charge is 0.349 e. The molecule has 0 spiro atoms. The van der Waals surface area contributed by atoms with Crippen LogP contribution in [0.2, 0.25) is 0 Å². The molecular weight excluding hydrogens is 358 g/mol. The van der Waals surface area contributed by atoms with Crippen LogP contribution in [0.5, 0.6) is 0 Å². The van der Waals surface area contributed by atoms with Crippen LogP contribution in [0, 0.1) is 0 Å². The molecule has 1 saturated heterocycles. The summed E-state index contributed by atoms with van der Waals surface area (Å²) in [6.45, 7) is 3.84. The smallest absolute Gasteiger partial charge is 0.270 e. The highest BCUT2D eigenvalue weighted by Gasteiger charge is 2.17. The Kier molecular flexibility index (Phi) is 5.60. The number of likely N-dealkylation sites (tertiary alicyclic amines) is 1. The Bertz CT molecular complexity index is 883. The van der Waals surface area contributed by atoms with Crippen LogP contribution < -0.4 is 5.32 Å². The molecule has 0 radical (unpaired) electrons. The number of rotatable bonds is 6. The lowest BCUT2D eigenvalue weighted by atomic mass is 10.1. The van der Waals surface area contributed by atoms with Crippen LogP contribution >= 0.6 is 11.3 Å². The third kappa shape index (κ3) is 4.26. The van der Waals surface area contributed by atoms with E-state index in [1.54, 1.807) is 0 Å². The number of amides is 1. The van der Waals surface area contributed by atoms with Crippen LogP contribution in [0.3, 0.4) is 0 Å². The standard InChI is InChI=1S/C20H23N5OS/c26-19(21-9-12-25-10-5-2-6-11-25)17-14-27-20(23-17)16-13-22-24-18(16)15-7-3-1-4-8-15/h1,3-4,7-8,13-14H,2,5-6,9-12H2,(H,21,26)(H,22,24). The van der Waals surface area contributed by atoms with Crippen molar-refractivity contribution >= 4 is 17.2 Å². The summed E-state index contributed by atoms with van der Waals surface area (Å²) in [7, 11) is 0. The quantitative estimate of drug-likeness (QED) is 0.686. The van der Waals surface area contributed by atoms with Gasteiger partial charge in [0.1, 0.15) is 16.4 Å². The lowest BCUT2D eigenvalue weighted by molar-refractivity contribution is 0.0942. The number of aromatic amines is 1. The van der Waals surface area contributed by atoms with Crippen LogP contribution in [0.4, 0.5) is 0 Å². The van der Waals surface area contributed by atoms with Gasteiger partial charge in [0.2, 0.25) is 0 Å². The molecule has 6 nitrogen and oxygen atoms in total. The highest BCUT2D eigenvalue weighted by atomic mass is 32.1. The molecule has 0 saturated carbocycles. The van der Waals surface area contributed by atoms with Gasteiger partial charge in [-0.2, -0.15) is 5.10 Å². The van der Waals surface area contributed by atoms with Gasteiger partial charge in [-0.3, -0.25) is 9.89 Å². The zero-order valence-corrected chi connectivity index (χ0v) is 16.0. The Morgan fingerprint density at radius 1 is 1.19 bits per heavy atom. The van der Waals surface area contributed by atoms with E-state index in [-0.39, 0.29) is 5.91 Å². The predicted octanol–water partition coefficient (Wildman–Crippen LogP) is 3.42. The average molecular weight is 382 g/mol. The van der Waals surface area contributed by atoms with Gasteiger partial charge in [-0.15, -0.1) is 11.3 Å². The van der Waals surface area contributed by atoms with Gasteiger partial charge in [0.15, 0.2) is 0 Å². The normalized spacial score (nSPS) is 15.0. The molecule has 0 aliphatic carbocycles. The molecule has 1 fully saturated rings. The summed E-state index contributed by atoms with van der Waals surface area (Å²) in [4.78, 5) is 19.4. The summed E-state index contributed by atoms with van der Waals surface area (Å²) < 4.78 is 0. The van der Waals surface area contributed by atoms with Crippen LogP contribution in [-0.4, -0.2) is 52.2 Å². The zero-order chi connectivity index (χ0) is 18.5. The van der Waals surface area contributed by atoms with Crippen molar-refractivity contribution in [3.8, 4) is 21.8 Å². The van der Waals surface area contributed by atoms with Gasteiger partial charge in [-0.1, -0.05) is 36.8 Å². The monoisotopic (exact) mass is 381 g/mol. The number of H-pyrrole nitrogens is 1. The minimum Gasteiger partial charge on any atom is -0.349 e. The molecule has 140 valence electrons. The van der Waals surface area contributed by atoms with E-state index in [1.807, 2.05) is 41.9 Å². The van der Waals surface area contributed by atoms with E-state index in [2.05, 4.69) is 25.4 Å². The molecule has 7 heteroatoms. The van der Waals surface area contributed by atoms with Gasteiger partial charge in [0, 0.05) is 30.2 Å². The summed E-state index contributed by atoms with van der Waals surface area (Å²) in [6.07, 6.45) is 5.68. The predicted molar refractivity (Wildman–Crippen MR) is 108 cm³/mol. The second-order valence-corrected chi connectivity index (χ2v) is 7.57. The second-order valence-electron chi connectivity index (χ2n) is 6.71. The summed E-state index contributed by atoms with van der Waals surface area (Å²) in [5.74, 6) is -0.112. The van der Waals surface area contributed by atoms with E-state index < -0.39 is 0 Å². The highest BCUT2D eigenvalue weighted by Crippen LogP contribution is 2.31. The van der Waals surface area contributed by atoms with Gasteiger partial charge in [-0.25, -0.2) is 4.98 Å². The first-order valence-electron chi connectivity index (χ1n) is 9.37. The molecule has 4 rings (SSSR count). The van der Waals surface area contributed by atoms with Crippen molar-refractivity contribution in [3.63, 3.8) is 0 Å². The van der Waals surface area contributed by atoms with Crippen molar-refractivity contribution < 1.29 is 4.79 Å². The zero-order valence-electron chi connectivity index (χ0n) is 15.1. The molecule has 2 N–H and O–H groups in total. The van der Waals surface area contributed by atoms with Gasteiger partial charge in [0.25, 0.3) is 5.91 Å². The molecule has 3 aromatic rings. The van der Waals surface area contributed by atoms with Crippen molar-refractivity contribution in [3.05, 3.63) is 47.6 Å². The number of nitrogens with one attached hydrogen (secondary N) is 2. The first kappa shape index (κ1) is 17.9. The molecule has 1 aromatic carbocycles. The lowest BCUT2D eigenvalue weighted by Gasteiger charge is -2.26. The number of aromatic nitrogens is 3. The van der Waals surface area contributed by atoms with E-state index in [0.29, 0.717) is 12.2 Å². The molecule has 1 amide bonds. The fraction of sp³-hybridized carbons (Fsp3) is 0.350. The second kappa shape index (κ2) is 8.45. The summed E-state index contributed by atoms with van der Waals surface area (Å²) in [6, 6.07) is 9.97. The molecule has 0 unspecified atom stereocenters. The molecular formula is C20H23N5OS. The van der Waals surface area contributed by atoms with Crippen molar-refractivity contribution in [2.75, 3.05) is 26.2 Å². The molecule has 27 heavy (non-hydrogen) atoms. The lowest BCUT2D eigenvalue weighted by Crippen LogP contribution is -2.37. The fourth-order valence-electron chi connectivity index (χ4n) is 3.37. The number of nitrogens with zero attached hydrogens (tertiary/aromatic N) is 3. The van der Waals surface area contributed by atoms with E-state index >= 15 is 0 Å². The maximum Gasteiger partial charge on any atom is 0.270 e. The minimum atomic E-state index is -0.112. The number of carbonyl (C=O) groups is 1. The van der Waals surface area contributed by atoms with E-state index in [1.165, 1.54) is 30.6 Å². The first-order valence-corrected chi connectivity index (χ1v) is 10.2. The van der Waals surface area contributed by atoms with Gasteiger partial charge < -0.3 is 10.2 Å². The summed E-state index contributed by atoms with van der Waals surface area (Å²) in [5, 5.41) is 12.9. The molecule has 1 aliphatic rings. The number of hydrogen-bond donors (Lipinski definition) is 2. The topological polar surface area (TPSA) is 73.9 Å². The van der Waals surface area contributed by atoms with Crippen LogP contribution in [0.15, 0.2) is 41.9 Å². The number of hydrogen-bond acceptors (Lipinski definition) is 5. The van der Waals surface area contributed by atoms with Crippen molar-refractivity contribution in [1.82, 2.24) is 25.4 Å². The van der Waals surface area contributed by atoms with Gasteiger partial charge in [0.05, 0.1) is 5.56 Å². The number of thiazole rings is 1. The van der Waals surface area contributed by atoms with Gasteiger partial charge >= 0.3 is 0 Å². The number of piperidine rings is 1. The first-order chi connectivity index (χ1) is 13.3. The van der Waals surface area contributed by atoms with Gasteiger partial charge in [-0.05, 0) is 25.9 Å². The number of benzene rings is 1. The highest BCUT2D eigenvalue weighted by molar-refractivity contribution is 7.13. The Balaban J connectivity index is 1.40. The molecule has 0 atom stereocenters. The average Bonchev–Trinajstić information content (AvgIpc) is 3.39. The SMILES string of the molecule is O=C(NCCN1CCCCC1)c1csc(-c2c[nH]nc2-c2ccccc2)n1. The van der Waals surface area contributed by atoms with E-state index in [9.17, 15) is 4.79 Å². The van der Waals surface area contributed by atoms with Crippen molar-refractivity contribution in [2.24, 2.45) is 0 Å². The van der Waals surface area contributed by atoms with Crippen LogP contribution in [0.1, 0.15) is 29.8 Å². The number of carbonyl (C=O) groups excluding carboxylic acids is 1. The summed E-state index contributed by atoms with van der Waals surface area (Å²) >= 11 is 1.46. The summed E-state index contributed by atoms with van der Waals surface area (Å²) in [5.41, 5.74) is 3.26. The maximum atomic E-state index is 12.4. The third-order valence-corrected chi connectivity index (χ3v) is 5.69. The Morgan fingerprint density at radius 3 is 2.81 bits per heavy atom. The Labute approximate surface area is 162 Å². The Morgan fingerprint density at radius 2 is 2.00 bits per heavy atom. The van der Waals surface area contributed by atoms with Crippen LogP contribution in [0.25, 0.3) is 21.8 Å². The minimum absolute atomic E-state index is 0.112. The molecule has 1 aliphatic heterocycles.